The van der Waals surface area contributed by atoms with Gasteiger partial charge in [0.2, 0.25) is 0 Å². The summed E-state index contributed by atoms with van der Waals surface area (Å²) in [5.74, 6) is 1.32. The smallest absolute Gasteiger partial charge is 0.137 e. The number of ether oxygens (including phenoxy) is 2. The molecule has 3 aromatic rings. The monoisotopic (exact) mass is 377 g/mol. The lowest BCUT2D eigenvalue weighted by Crippen LogP contribution is -2.31. The number of hydrogen-bond acceptors (Lipinski definition) is 4. The van der Waals surface area contributed by atoms with Gasteiger partial charge in [0.1, 0.15) is 29.8 Å². The third kappa shape index (κ3) is 4.12. The van der Waals surface area contributed by atoms with Crippen LogP contribution >= 0.6 is 23.2 Å². The van der Waals surface area contributed by atoms with E-state index >= 15 is 0 Å². The van der Waals surface area contributed by atoms with E-state index in [0.717, 1.165) is 5.56 Å². The standard InChI is InChI=1S/C18H17Cl2N3O2/c1-18(24-2,10-23-12-21-11-22-23)16-8-7-15(9-17(16)20)25-14-5-3-13(19)4-6-14/h3-9,11-12H,10H2,1-2H3. The van der Waals surface area contributed by atoms with Gasteiger partial charge >= 0.3 is 0 Å². The fourth-order valence-electron chi connectivity index (χ4n) is 2.51. The van der Waals surface area contributed by atoms with Crippen LogP contribution < -0.4 is 4.74 Å². The van der Waals surface area contributed by atoms with E-state index in [2.05, 4.69) is 10.1 Å². The van der Waals surface area contributed by atoms with Gasteiger partial charge in [0, 0.05) is 17.7 Å². The van der Waals surface area contributed by atoms with Crippen LogP contribution in [-0.4, -0.2) is 21.9 Å². The van der Waals surface area contributed by atoms with Gasteiger partial charge < -0.3 is 9.47 Å². The van der Waals surface area contributed by atoms with Crippen molar-refractivity contribution < 1.29 is 9.47 Å². The molecule has 25 heavy (non-hydrogen) atoms. The van der Waals surface area contributed by atoms with Crippen molar-refractivity contribution in [1.82, 2.24) is 14.8 Å². The molecule has 0 N–H and O–H groups in total. The maximum atomic E-state index is 6.50. The predicted molar refractivity (Wildman–Crippen MR) is 97.4 cm³/mol. The second kappa shape index (κ2) is 7.44. The Morgan fingerprint density at radius 1 is 1.08 bits per heavy atom. The molecule has 1 atom stereocenters. The number of nitrogens with zero attached hydrogens (tertiary/aromatic N) is 3. The lowest BCUT2D eigenvalue weighted by Gasteiger charge is -2.29. The molecule has 7 heteroatoms. The van der Waals surface area contributed by atoms with Crippen molar-refractivity contribution in [1.29, 1.82) is 0 Å². The summed E-state index contributed by atoms with van der Waals surface area (Å²) in [5.41, 5.74) is 0.194. The summed E-state index contributed by atoms with van der Waals surface area (Å²) in [5, 5.41) is 5.34. The van der Waals surface area contributed by atoms with E-state index in [-0.39, 0.29) is 0 Å². The van der Waals surface area contributed by atoms with E-state index in [4.69, 9.17) is 32.7 Å². The Hall–Kier alpha value is -2.08. The van der Waals surface area contributed by atoms with Gasteiger partial charge in [-0.1, -0.05) is 29.3 Å². The van der Waals surface area contributed by atoms with E-state index in [0.29, 0.717) is 28.1 Å². The largest absolute Gasteiger partial charge is 0.457 e. The van der Waals surface area contributed by atoms with E-state index < -0.39 is 5.60 Å². The van der Waals surface area contributed by atoms with Gasteiger partial charge in [-0.15, -0.1) is 0 Å². The highest BCUT2D eigenvalue weighted by molar-refractivity contribution is 6.31. The molecule has 3 rings (SSSR count). The van der Waals surface area contributed by atoms with Crippen LogP contribution in [0.3, 0.4) is 0 Å². The van der Waals surface area contributed by atoms with Gasteiger partial charge in [-0.3, -0.25) is 0 Å². The molecule has 0 fully saturated rings. The zero-order valence-corrected chi connectivity index (χ0v) is 15.3. The van der Waals surface area contributed by atoms with Gasteiger partial charge in [-0.2, -0.15) is 5.10 Å². The highest BCUT2D eigenvalue weighted by atomic mass is 35.5. The van der Waals surface area contributed by atoms with Gasteiger partial charge in [-0.05, 0) is 43.3 Å². The average molecular weight is 378 g/mol. The molecule has 0 saturated heterocycles. The Bertz CT molecular complexity index is 838. The van der Waals surface area contributed by atoms with Crippen LogP contribution in [0, 0.1) is 0 Å². The summed E-state index contributed by atoms with van der Waals surface area (Å²) in [7, 11) is 1.64. The molecule has 130 valence electrons. The molecule has 0 radical (unpaired) electrons. The van der Waals surface area contributed by atoms with E-state index in [1.165, 1.54) is 6.33 Å². The third-order valence-corrected chi connectivity index (χ3v) is 4.51. The Kier molecular flexibility index (Phi) is 5.27. The highest BCUT2D eigenvalue weighted by Gasteiger charge is 2.30. The molecular weight excluding hydrogens is 361 g/mol. The first-order valence-corrected chi connectivity index (χ1v) is 8.37. The molecule has 1 heterocycles. The van der Waals surface area contributed by atoms with E-state index in [1.807, 2.05) is 19.1 Å². The number of methoxy groups -OCH3 is 1. The first-order valence-electron chi connectivity index (χ1n) is 7.61. The summed E-state index contributed by atoms with van der Waals surface area (Å²) >= 11 is 12.4. The number of hydrogen-bond donors (Lipinski definition) is 0. The summed E-state index contributed by atoms with van der Waals surface area (Å²) < 4.78 is 13.2. The SMILES string of the molecule is COC(C)(Cn1cncn1)c1ccc(Oc2ccc(Cl)cc2)cc1Cl. The van der Waals surface area contributed by atoms with Gasteiger partial charge in [-0.25, -0.2) is 9.67 Å². The molecule has 1 aromatic heterocycles. The van der Waals surface area contributed by atoms with Crippen molar-refractivity contribution in [3.05, 3.63) is 70.7 Å². The molecule has 0 aliphatic rings. The normalized spacial score (nSPS) is 13.4. The van der Waals surface area contributed by atoms with E-state index in [9.17, 15) is 0 Å². The van der Waals surface area contributed by atoms with Crippen molar-refractivity contribution in [2.24, 2.45) is 0 Å². The van der Waals surface area contributed by atoms with Crippen LogP contribution in [-0.2, 0) is 16.9 Å². The van der Waals surface area contributed by atoms with Crippen LogP contribution in [0.25, 0.3) is 0 Å². The fraction of sp³-hybridized carbons (Fsp3) is 0.222. The van der Waals surface area contributed by atoms with Crippen LogP contribution in [0.2, 0.25) is 10.0 Å². The minimum atomic E-state index is -0.649. The molecule has 0 amide bonds. The first kappa shape index (κ1) is 17.7. The van der Waals surface area contributed by atoms with Crippen LogP contribution in [0.4, 0.5) is 0 Å². The molecule has 1 unspecified atom stereocenters. The molecule has 0 bridgehead atoms. The maximum absolute atomic E-state index is 6.50. The van der Waals surface area contributed by atoms with Crippen molar-refractivity contribution in [2.75, 3.05) is 7.11 Å². The molecule has 2 aromatic carbocycles. The van der Waals surface area contributed by atoms with Crippen molar-refractivity contribution in [3.8, 4) is 11.5 Å². The Balaban J connectivity index is 1.83. The zero-order valence-electron chi connectivity index (χ0n) is 13.8. The van der Waals surface area contributed by atoms with Crippen molar-refractivity contribution >= 4 is 23.2 Å². The molecular formula is C18H17Cl2N3O2. The second-order valence-corrected chi connectivity index (χ2v) is 6.57. The summed E-state index contributed by atoms with van der Waals surface area (Å²) in [4.78, 5) is 3.96. The molecule has 0 aliphatic heterocycles. The molecule has 0 spiro atoms. The van der Waals surface area contributed by atoms with Gasteiger partial charge in [0.05, 0.1) is 11.6 Å². The lowest BCUT2D eigenvalue weighted by molar-refractivity contribution is -0.0156. The maximum Gasteiger partial charge on any atom is 0.137 e. The van der Waals surface area contributed by atoms with Crippen molar-refractivity contribution in [3.63, 3.8) is 0 Å². The molecule has 5 nitrogen and oxygen atoms in total. The Morgan fingerprint density at radius 3 is 2.40 bits per heavy atom. The van der Waals surface area contributed by atoms with Gasteiger partial charge in [0.25, 0.3) is 0 Å². The number of rotatable bonds is 6. The minimum absolute atomic E-state index is 0.487. The third-order valence-electron chi connectivity index (χ3n) is 3.94. The average Bonchev–Trinajstić information content (AvgIpc) is 3.09. The topological polar surface area (TPSA) is 49.2 Å². The van der Waals surface area contributed by atoms with Gasteiger partial charge in [0.15, 0.2) is 0 Å². The Labute approximate surface area is 156 Å². The minimum Gasteiger partial charge on any atom is -0.457 e. The predicted octanol–water partition coefficient (Wildman–Crippen LogP) is 4.94. The molecule has 0 aliphatic carbocycles. The fourth-order valence-corrected chi connectivity index (χ4v) is 3.01. The van der Waals surface area contributed by atoms with Crippen molar-refractivity contribution in [2.45, 2.75) is 19.1 Å². The second-order valence-electron chi connectivity index (χ2n) is 5.73. The van der Waals surface area contributed by atoms with Crippen LogP contribution in [0.1, 0.15) is 12.5 Å². The van der Waals surface area contributed by atoms with E-state index in [1.54, 1.807) is 48.5 Å². The first-order chi connectivity index (χ1) is 12.0. The summed E-state index contributed by atoms with van der Waals surface area (Å²) in [6, 6.07) is 12.7. The van der Waals surface area contributed by atoms with Crippen LogP contribution in [0.15, 0.2) is 55.1 Å². The molecule has 0 saturated carbocycles. The lowest BCUT2D eigenvalue weighted by atomic mass is 9.95. The van der Waals surface area contributed by atoms with Crippen LogP contribution in [0.5, 0.6) is 11.5 Å². The number of aromatic nitrogens is 3. The number of benzene rings is 2. The summed E-state index contributed by atoms with van der Waals surface area (Å²) in [6.07, 6.45) is 3.13. The summed E-state index contributed by atoms with van der Waals surface area (Å²) in [6.45, 7) is 2.44. The number of halogens is 2. The Morgan fingerprint density at radius 2 is 1.80 bits per heavy atom. The quantitative estimate of drug-likeness (QED) is 0.610. The zero-order chi connectivity index (χ0) is 17.9. The highest BCUT2D eigenvalue weighted by Crippen LogP contribution is 2.35.